The number of aromatic nitrogens is 2. The molecule has 20 heavy (non-hydrogen) atoms. The SMILES string of the molecule is NCc1cn[nH]c1S(=O)(=O)NCc1ccc(F)c(Cl)c1. The standard InChI is InChI=1S/C11H12ClFN4O2S/c12-9-3-7(1-2-10(9)13)5-16-20(18,19)11-8(4-14)6-15-17-11/h1-3,6,16H,4-5,14H2,(H,15,17). The number of hydrogen-bond donors (Lipinski definition) is 3. The summed E-state index contributed by atoms with van der Waals surface area (Å²) in [7, 11) is -3.77. The third-order valence-corrected chi connectivity index (χ3v) is 4.32. The number of nitrogens with two attached hydrogens (primary N) is 1. The van der Waals surface area contributed by atoms with E-state index in [0.717, 1.165) is 0 Å². The average Bonchev–Trinajstić information content (AvgIpc) is 2.89. The molecule has 0 saturated heterocycles. The molecule has 9 heteroatoms. The first-order valence-corrected chi connectivity index (χ1v) is 7.46. The maximum atomic E-state index is 13.0. The number of hydrogen-bond acceptors (Lipinski definition) is 4. The van der Waals surface area contributed by atoms with Crippen LogP contribution in [0, 0.1) is 5.82 Å². The molecule has 2 rings (SSSR count). The van der Waals surface area contributed by atoms with Gasteiger partial charge in [-0.25, -0.2) is 17.5 Å². The Kier molecular flexibility index (Phi) is 4.39. The molecule has 4 N–H and O–H groups in total. The van der Waals surface area contributed by atoms with E-state index in [0.29, 0.717) is 11.1 Å². The van der Waals surface area contributed by atoms with Crippen LogP contribution in [0.5, 0.6) is 0 Å². The Bertz CT molecular complexity index is 717. The summed E-state index contributed by atoms with van der Waals surface area (Å²) in [5.74, 6) is -0.558. The van der Waals surface area contributed by atoms with E-state index in [1.165, 1.54) is 24.4 Å². The van der Waals surface area contributed by atoms with Crippen molar-refractivity contribution in [2.45, 2.75) is 18.1 Å². The van der Waals surface area contributed by atoms with Gasteiger partial charge in [-0.1, -0.05) is 17.7 Å². The zero-order valence-corrected chi connectivity index (χ0v) is 11.8. The molecule has 1 aromatic carbocycles. The maximum Gasteiger partial charge on any atom is 0.258 e. The van der Waals surface area contributed by atoms with Crippen LogP contribution in [-0.4, -0.2) is 18.6 Å². The monoisotopic (exact) mass is 318 g/mol. The van der Waals surface area contributed by atoms with Crippen molar-refractivity contribution in [1.29, 1.82) is 0 Å². The Hall–Kier alpha value is -1.48. The van der Waals surface area contributed by atoms with Crippen molar-refractivity contribution in [3.05, 3.63) is 46.4 Å². The van der Waals surface area contributed by atoms with Crippen LogP contribution >= 0.6 is 11.6 Å². The molecule has 0 bridgehead atoms. The third-order valence-electron chi connectivity index (χ3n) is 2.62. The molecule has 0 aliphatic carbocycles. The van der Waals surface area contributed by atoms with E-state index in [4.69, 9.17) is 17.3 Å². The molecule has 1 aromatic heterocycles. The van der Waals surface area contributed by atoms with Gasteiger partial charge in [-0.15, -0.1) is 0 Å². The number of benzene rings is 1. The predicted molar refractivity (Wildman–Crippen MR) is 71.9 cm³/mol. The third kappa shape index (κ3) is 3.15. The van der Waals surface area contributed by atoms with Crippen LogP contribution in [-0.2, 0) is 23.1 Å². The summed E-state index contributed by atoms with van der Waals surface area (Å²) in [6.07, 6.45) is 1.35. The van der Waals surface area contributed by atoms with Crippen LogP contribution in [0.3, 0.4) is 0 Å². The van der Waals surface area contributed by atoms with Crippen LogP contribution < -0.4 is 10.5 Å². The first kappa shape index (κ1) is 14.9. The van der Waals surface area contributed by atoms with E-state index in [1.54, 1.807) is 0 Å². The number of rotatable bonds is 5. The minimum absolute atomic E-state index is 0.0225. The normalized spacial score (nSPS) is 11.8. The lowest BCUT2D eigenvalue weighted by Gasteiger charge is -2.07. The van der Waals surface area contributed by atoms with Gasteiger partial charge in [0, 0.05) is 18.7 Å². The Balaban J connectivity index is 2.15. The number of H-pyrrole nitrogens is 1. The fraction of sp³-hybridized carbons (Fsp3) is 0.182. The molecule has 0 amide bonds. The molecule has 108 valence electrons. The summed E-state index contributed by atoms with van der Waals surface area (Å²) in [6, 6.07) is 3.98. The summed E-state index contributed by atoms with van der Waals surface area (Å²) in [5, 5.41) is 5.89. The van der Waals surface area contributed by atoms with Gasteiger partial charge in [0.2, 0.25) is 0 Å². The summed E-state index contributed by atoms with van der Waals surface area (Å²) < 4.78 is 39.5. The largest absolute Gasteiger partial charge is 0.326 e. The lowest BCUT2D eigenvalue weighted by molar-refractivity contribution is 0.575. The minimum atomic E-state index is -3.77. The average molecular weight is 319 g/mol. The topological polar surface area (TPSA) is 101 Å². The smallest absolute Gasteiger partial charge is 0.258 e. The maximum absolute atomic E-state index is 13.0. The van der Waals surface area contributed by atoms with Gasteiger partial charge in [0.1, 0.15) is 5.82 Å². The van der Waals surface area contributed by atoms with E-state index < -0.39 is 15.8 Å². The molecular weight excluding hydrogens is 307 g/mol. The molecule has 0 radical (unpaired) electrons. The molecule has 0 atom stereocenters. The van der Waals surface area contributed by atoms with Gasteiger partial charge in [-0.3, -0.25) is 5.10 Å². The fourth-order valence-corrected chi connectivity index (χ4v) is 2.94. The van der Waals surface area contributed by atoms with E-state index >= 15 is 0 Å². The first-order valence-electron chi connectivity index (χ1n) is 5.60. The predicted octanol–water partition coefficient (Wildman–Crippen LogP) is 1.14. The Morgan fingerprint density at radius 2 is 2.20 bits per heavy atom. The van der Waals surface area contributed by atoms with Gasteiger partial charge in [0.25, 0.3) is 10.0 Å². The molecule has 0 aliphatic rings. The summed E-state index contributed by atoms with van der Waals surface area (Å²) >= 11 is 5.63. The molecule has 2 aromatic rings. The van der Waals surface area contributed by atoms with Crippen LogP contribution in [0.15, 0.2) is 29.4 Å². The Labute approximate surface area is 120 Å². The van der Waals surface area contributed by atoms with E-state index in [2.05, 4.69) is 14.9 Å². The van der Waals surface area contributed by atoms with E-state index in [-0.39, 0.29) is 23.1 Å². The van der Waals surface area contributed by atoms with E-state index in [1.807, 2.05) is 0 Å². The highest BCUT2D eigenvalue weighted by Gasteiger charge is 2.19. The van der Waals surface area contributed by atoms with Crippen LogP contribution in [0.2, 0.25) is 5.02 Å². The number of halogens is 2. The van der Waals surface area contributed by atoms with E-state index in [9.17, 15) is 12.8 Å². The van der Waals surface area contributed by atoms with Crippen molar-refractivity contribution in [3.8, 4) is 0 Å². The van der Waals surface area contributed by atoms with Crippen molar-refractivity contribution in [3.63, 3.8) is 0 Å². The van der Waals surface area contributed by atoms with Gasteiger partial charge in [-0.2, -0.15) is 5.10 Å². The fourth-order valence-electron chi connectivity index (χ4n) is 1.58. The van der Waals surface area contributed by atoms with Gasteiger partial charge >= 0.3 is 0 Å². The second-order valence-electron chi connectivity index (χ2n) is 4.00. The summed E-state index contributed by atoms with van der Waals surface area (Å²) in [5.41, 5.74) is 6.34. The number of nitrogens with one attached hydrogen (secondary N) is 2. The molecule has 0 aliphatic heterocycles. The number of aromatic amines is 1. The van der Waals surface area contributed by atoms with Crippen LogP contribution in [0.4, 0.5) is 4.39 Å². The molecule has 0 unspecified atom stereocenters. The second-order valence-corrected chi connectivity index (χ2v) is 6.11. The molecule has 0 fully saturated rings. The van der Waals surface area contributed by atoms with Crippen molar-refractivity contribution < 1.29 is 12.8 Å². The summed E-state index contributed by atoms with van der Waals surface area (Å²) in [4.78, 5) is 0. The van der Waals surface area contributed by atoms with Crippen molar-refractivity contribution >= 4 is 21.6 Å². The minimum Gasteiger partial charge on any atom is -0.326 e. The highest BCUT2D eigenvalue weighted by molar-refractivity contribution is 7.89. The lowest BCUT2D eigenvalue weighted by Crippen LogP contribution is -2.25. The Morgan fingerprint density at radius 1 is 1.45 bits per heavy atom. The zero-order chi connectivity index (χ0) is 14.8. The Morgan fingerprint density at radius 3 is 2.85 bits per heavy atom. The van der Waals surface area contributed by atoms with Crippen LogP contribution in [0.25, 0.3) is 0 Å². The van der Waals surface area contributed by atoms with Crippen molar-refractivity contribution in [2.24, 2.45) is 5.73 Å². The number of sulfonamides is 1. The van der Waals surface area contributed by atoms with Gasteiger partial charge < -0.3 is 5.73 Å². The zero-order valence-electron chi connectivity index (χ0n) is 10.2. The lowest BCUT2D eigenvalue weighted by atomic mass is 10.2. The summed E-state index contributed by atoms with van der Waals surface area (Å²) in [6.45, 7) is 0.0283. The van der Waals surface area contributed by atoms with Gasteiger partial charge in [-0.05, 0) is 17.7 Å². The quantitative estimate of drug-likeness (QED) is 0.769. The second kappa shape index (κ2) is 5.88. The van der Waals surface area contributed by atoms with Gasteiger partial charge in [0.15, 0.2) is 5.03 Å². The van der Waals surface area contributed by atoms with Crippen LogP contribution in [0.1, 0.15) is 11.1 Å². The van der Waals surface area contributed by atoms with Crippen molar-refractivity contribution in [2.75, 3.05) is 0 Å². The molecule has 1 heterocycles. The molecule has 0 spiro atoms. The van der Waals surface area contributed by atoms with Crippen molar-refractivity contribution in [1.82, 2.24) is 14.9 Å². The molecular formula is C11H12ClFN4O2S. The number of nitrogens with zero attached hydrogens (tertiary/aromatic N) is 1. The van der Waals surface area contributed by atoms with Gasteiger partial charge in [0.05, 0.1) is 11.2 Å². The molecule has 6 nitrogen and oxygen atoms in total. The first-order chi connectivity index (χ1) is 9.44. The molecule has 0 saturated carbocycles. The highest BCUT2D eigenvalue weighted by atomic mass is 35.5. The highest BCUT2D eigenvalue weighted by Crippen LogP contribution is 2.17.